The van der Waals surface area contributed by atoms with E-state index in [-0.39, 0.29) is 48.3 Å². The molecule has 39 heavy (non-hydrogen) atoms. The molecule has 1 aliphatic rings. The number of thioether (sulfide) groups is 1. The molecule has 3 heterocycles. The maximum atomic E-state index is 15.0. The Hall–Kier alpha value is -2.16. The Morgan fingerprint density at radius 2 is 2.00 bits per heavy atom. The number of alkyl halides is 1. The van der Waals surface area contributed by atoms with Crippen LogP contribution in [0.1, 0.15) is 54.2 Å². The number of ether oxygens (including phenoxy) is 2. The number of rotatable bonds is 12. The van der Waals surface area contributed by atoms with Gasteiger partial charge in [-0.1, -0.05) is 32.5 Å². The third-order valence-electron chi connectivity index (χ3n) is 5.39. The predicted octanol–water partition coefficient (Wildman–Crippen LogP) is 3.11. The van der Waals surface area contributed by atoms with Crippen molar-refractivity contribution in [3.63, 3.8) is 0 Å². The average molecular weight is 590 g/mol. The van der Waals surface area contributed by atoms with E-state index in [0.717, 1.165) is 11.8 Å². The summed E-state index contributed by atoms with van der Waals surface area (Å²) in [6.07, 6.45) is -1.87. The molecule has 2 aromatic rings. The maximum Gasteiger partial charge on any atom is 0.323 e. The molecule has 0 bridgehead atoms. The largest absolute Gasteiger partial charge is 0.462 e. The summed E-state index contributed by atoms with van der Waals surface area (Å²) < 4.78 is 39.4. The lowest BCUT2D eigenvalue weighted by molar-refractivity contribution is -0.149. The predicted molar refractivity (Wildman–Crippen MR) is 147 cm³/mol. The van der Waals surface area contributed by atoms with E-state index < -0.39 is 44.5 Å². The van der Waals surface area contributed by atoms with Crippen molar-refractivity contribution < 1.29 is 32.5 Å². The zero-order valence-electron chi connectivity index (χ0n) is 22.9. The van der Waals surface area contributed by atoms with E-state index in [1.165, 1.54) is 10.9 Å². The van der Waals surface area contributed by atoms with Crippen molar-refractivity contribution in [1.82, 2.24) is 24.6 Å². The summed E-state index contributed by atoms with van der Waals surface area (Å²) >= 11 is 1.16. The molecule has 0 aliphatic carbocycles. The van der Waals surface area contributed by atoms with Crippen LogP contribution in [0.4, 0.5) is 16.2 Å². The third kappa shape index (κ3) is 8.66. The van der Waals surface area contributed by atoms with Gasteiger partial charge in [-0.2, -0.15) is 9.97 Å². The number of halogens is 1. The number of nitrogens with one attached hydrogen (secondary N) is 1. The fourth-order valence-electron chi connectivity index (χ4n) is 3.47. The summed E-state index contributed by atoms with van der Waals surface area (Å²) in [5.41, 5.74) is 11.6. The van der Waals surface area contributed by atoms with E-state index in [9.17, 15) is 9.59 Å². The molecule has 0 amide bonds. The van der Waals surface area contributed by atoms with Gasteiger partial charge in [0, 0.05) is 17.6 Å². The van der Waals surface area contributed by atoms with Gasteiger partial charge in [-0.05, 0) is 20.8 Å². The van der Waals surface area contributed by atoms with Gasteiger partial charge < -0.3 is 30.0 Å². The van der Waals surface area contributed by atoms with Gasteiger partial charge in [0.25, 0.3) is 8.53 Å². The minimum absolute atomic E-state index is 0.0124. The van der Waals surface area contributed by atoms with Crippen LogP contribution in [0.5, 0.6) is 0 Å². The molecule has 5 N–H and O–H groups in total. The number of hydrogen-bond donors (Lipinski definition) is 3. The first-order chi connectivity index (χ1) is 18.3. The third-order valence-corrected chi connectivity index (χ3v) is 8.03. The Morgan fingerprint density at radius 3 is 2.67 bits per heavy atom. The fraction of sp³-hybridized carbons (Fsp3) is 0.696. The molecular formula is C23H37FN7O6PS. The molecule has 3 rings (SSSR count). The number of anilines is 2. The SMILES string of the molecule is CC(C)OC(=O)C(C)NP(OCCSC(=O)C(C)(C)C)OCC1CC(F)C(n2cnc3c(N)nc(N)nc32)O1. The van der Waals surface area contributed by atoms with Crippen molar-refractivity contribution in [1.29, 1.82) is 0 Å². The van der Waals surface area contributed by atoms with Crippen molar-refractivity contribution in [2.75, 3.05) is 30.4 Å². The summed E-state index contributed by atoms with van der Waals surface area (Å²) in [7, 11) is -1.79. The van der Waals surface area contributed by atoms with Gasteiger partial charge in [0.1, 0.15) is 17.7 Å². The lowest BCUT2D eigenvalue weighted by Crippen LogP contribution is -2.34. The van der Waals surface area contributed by atoms with Gasteiger partial charge in [0.05, 0.1) is 31.7 Å². The molecule has 13 nitrogen and oxygen atoms in total. The van der Waals surface area contributed by atoms with E-state index in [2.05, 4.69) is 20.0 Å². The highest BCUT2D eigenvalue weighted by molar-refractivity contribution is 8.13. The number of nitrogens with two attached hydrogens (primary N) is 2. The number of esters is 1. The first-order valence-corrected chi connectivity index (χ1v) is 14.7. The highest BCUT2D eigenvalue weighted by Crippen LogP contribution is 2.39. The molecule has 1 fully saturated rings. The lowest BCUT2D eigenvalue weighted by Gasteiger charge is -2.23. The average Bonchev–Trinajstić information content (AvgIpc) is 3.41. The number of carbonyl (C=O) groups is 2. The van der Waals surface area contributed by atoms with Gasteiger partial charge >= 0.3 is 5.97 Å². The molecule has 5 atom stereocenters. The molecule has 16 heteroatoms. The second-order valence-electron chi connectivity index (χ2n) is 10.3. The van der Waals surface area contributed by atoms with Crippen molar-refractivity contribution in [3.8, 4) is 0 Å². The molecule has 0 radical (unpaired) electrons. The van der Waals surface area contributed by atoms with Crippen LogP contribution in [0.3, 0.4) is 0 Å². The van der Waals surface area contributed by atoms with Gasteiger partial charge in [-0.15, -0.1) is 0 Å². The molecule has 0 spiro atoms. The number of hydrogen-bond acceptors (Lipinski definition) is 13. The Morgan fingerprint density at radius 1 is 1.28 bits per heavy atom. The summed E-state index contributed by atoms with van der Waals surface area (Å²) in [5, 5.41) is 3.03. The van der Waals surface area contributed by atoms with Crippen LogP contribution in [-0.2, 0) is 28.1 Å². The van der Waals surface area contributed by atoms with Crippen LogP contribution in [0, 0.1) is 5.41 Å². The Bertz CT molecular complexity index is 1150. The highest BCUT2D eigenvalue weighted by atomic mass is 32.2. The van der Waals surface area contributed by atoms with Crippen LogP contribution >= 0.6 is 20.3 Å². The van der Waals surface area contributed by atoms with E-state index in [1.54, 1.807) is 20.8 Å². The Kier molecular flexibility index (Phi) is 10.8. The number of nitrogens with zero attached hydrogens (tertiary/aromatic N) is 4. The first-order valence-electron chi connectivity index (χ1n) is 12.5. The molecule has 218 valence electrons. The Balaban J connectivity index is 1.61. The minimum Gasteiger partial charge on any atom is -0.462 e. The number of nitrogen functional groups attached to an aromatic ring is 2. The van der Waals surface area contributed by atoms with Crippen LogP contribution in [0.2, 0.25) is 0 Å². The van der Waals surface area contributed by atoms with Crippen LogP contribution in [0.25, 0.3) is 11.2 Å². The van der Waals surface area contributed by atoms with Crippen molar-refractivity contribution in [3.05, 3.63) is 6.33 Å². The number of carbonyl (C=O) groups excluding carboxylic acids is 2. The molecule has 1 saturated heterocycles. The maximum absolute atomic E-state index is 15.0. The lowest BCUT2D eigenvalue weighted by atomic mass is 10.00. The van der Waals surface area contributed by atoms with Crippen LogP contribution < -0.4 is 16.6 Å². The second kappa shape index (κ2) is 13.5. The molecule has 5 unspecified atom stereocenters. The molecule has 1 aliphatic heterocycles. The number of imidazole rings is 1. The zero-order chi connectivity index (χ0) is 28.9. The van der Waals surface area contributed by atoms with Gasteiger partial charge in [0.2, 0.25) is 5.95 Å². The van der Waals surface area contributed by atoms with E-state index in [0.29, 0.717) is 11.3 Å². The standard InChI is InChI=1S/C23H37FN7O6PS/c1-12(2)36-20(32)13(3)30-38(34-7-8-39-21(33)23(4,5)6)35-10-14-9-15(24)19(37-14)31-11-27-16-17(25)28-22(26)29-18(16)31/h11-15,19,30H,7-10H2,1-6H3,(H4,25,26,28,29). The van der Waals surface area contributed by atoms with E-state index in [4.69, 9.17) is 30.0 Å². The topological polar surface area (TPSA) is 179 Å². The van der Waals surface area contributed by atoms with E-state index >= 15 is 4.39 Å². The zero-order valence-corrected chi connectivity index (χ0v) is 24.6. The van der Waals surface area contributed by atoms with Crippen LogP contribution in [-0.4, -0.2) is 74.0 Å². The summed E-state index contributed by atoms with van der Waals surface area (Å²) in [5.74, 6) is -0.0287. The summed E-state index contributed by atoms with van der Waals surface area (Å²) in [6, 6.07) is -0.721. The van der Waals surface area contributed by atoms with Crippen molar-refractivity contribution in [2.24, 2.45) is 5.41 Å². The van der Waals surface area contributed by atoms with Gasteiger partial charge in [0.15, 0.2) is 22.8 Å². The fourth-order valence-corrected chi connectivity index (χ4v) is 5.59. The van der Waals surface area contributed by atoms with Gasteiger partial charge in [-0.25, -0.2) is 14.5 Å². The minimum atomic E-state index is -1.79. The highest BCUT2D eigenvalue weighted by Gasteiger charge is 2.38. The Labute approximate surface area is 232 Å². The first kappa shape index (κ1) is 31.4. The monoisotopic (exact) mass is 589 g/mol. The molecule has 0 saturated carbocycles. The number of fused-ring (bicyclic) bond motifs is 1. The molecular weight excluding hydrogens is 552 g/mol. The molecule has 2 aromatic heterocycles. The van der Waals surface area contributed by atoms with Crippen molar-refractivity contribution in [2.45, 2.75) is 78.6 Å². The summed E-state index contributed by atoms with van der Waals surface area (Å²) in [6.45, 7) is 10.9. The smallest absolute Gasteiger partial charge is 0.323 e. The summed E-state index contributed by atoms with van der Waals surface area (Å²) in [4.78, 5) is 36.6. The number of aromatic nitrogens is 4. The van der Waals surface area contributed by atoms with Gasteiger partial charge in [-0.3, -0.25) is 14.2 Å². The second-order valence-corrected chi connectivity index (χ2v) is 12.7. The van der Waals surface area contributed by atoms with Crippen molar-refractivity contribution >= 4 is 54.3 Å². The molecule has 0 aromatic carbocycles. The van der Waals surface area contributed by atoms with Crippen LogP contribution in [0.15, 0.2) is 6.33 Å². The normalized spacial score (nSPS) is 21.4. The quantitative estimate of drug-likeness (QED) is 0.187. The van der Waals surface area contributed by atoms with E-state index in [1.807, 2.05) is 20.8 Å².